The normalized spacial score (nSPS) is 16.0. The van der Waals surface area contributed by atoms with Gasteiger partial charge in [0.2, 0.25) is 5.95 Å². The van der Waals surface area contributed by atoms with Crippen molar-refractivity contribution in [2.75, 3.05) is 43.1 Å². The number of morpholine rings is 1. The number of ether oxygens (including phenoxy) is 1. The molecule has 0 atom stereocenters. The third kappa shape index (κ3) is 3.44. The second-order valence-electron chi connectivity index (χ2n) is 3.90. The van der Waals surface area contributed by atoms with E-state index in [9.17, 15) is 0 Å². The van der Waals surface area contributed by atoms with Crippen LogP contribution in [0.2, 0.25) is 5.15 Å². The van der Waals surface area contributed by atoms with Gasteiger partial charge in [-0.25, -0.2) is 4.98 Å². The molecule has 94 valence electrons. The lowest BCUT2D eigenvalue weighted by molar-refractivity contribution is 0.122. The van der Waals surface area contributed by atoms with E-state index >= 15 is 0 Å². The van der Waals surface area contributed by atoms with Crippen molar-refractivity contribution in [2.24, 2.45) is 0 Å². The summed E-state index contributed by atoms with van der Waals surface area (Å²) < 4.78 is 5.30. The molecule has 6 heteroatoms. The third-order valence-corrected chi connectivity index (χ3v) is 2.73. The van der Waals surface area contributed by atoms with Gasteiger partial charge in [-0.1, -0.05) is 18.5 Å². The Morgan fingerprint density at radius 2 is 2.18 bits per heavy atom. The van der Waals surface area contributed by atoms with Gasteiger partial charge in [-0.15, -0.1) is 0 Å². The Morgan fingerprint density at radius 1 is 1.41 bits per heavy atom. The second kappa shape index (κ2) is 6.02. The zero-order chi connectivity index (χ0) is 12.1. The lowest BCUT2D eigenvalue weighted by Gasteiger charge is -2.27. The topological polar surface area (TPSA) is 50.3 Å². The molecular formula is C11H17ClN4O. The summed E-state index contributed by atoms with van der Waals surface area (Å²) in [7, 11) is 0. The zero-order valence-corrected chi connectivity index (χ0v) is 10.7. The molecule has 2 rings (SSSR count). The van der Waals surface area contributed by atoms with E-state index in [-0.39, 0.29) is 0 Å². The summed E-state index contributed by atoms with van der Waals surface area (Å²) in [6, 6.07) is 1.75. The van der Waals surface area contributed by atoms with Crippen LogP contribution < -0.4 is 10.2 Å². The highest BCUT2D eigenvalue weighted by atomic mass is 35.5. The number of hydrogen-bond acceptors (Lipinski definition) is 5. The van der Waals surface area contributed by atoms with Crippen molar-refractivity contribution < 1.29 is 4.74 Å². The minimum absolute atomic E-state index is 0.472. The minimum atomic E-state index is 0.472. The van der Waals surface area contributed by atoms with Gasteiger partial charge in [0.05, 0.1) is 13.2 Å². The Hall–Kier alpha value is -1.07. The fourth-order valence-electron chi connectivity index (χ4n) is 1.65. The summed E-state index contributed by atoms with van der Waals surface area (Å²) in [6.07, 6.45) is 1.05. The van der Waals surface area contributed by atoms with Gasteiger partial charge in [0, 0.05) is 25.7 Å². The molecule has 1 aromatic rings. The molecule has 0 bridgehead atoms. The second-order valence-corrected chi connectivity index (χ2v) is 4.29. The van der Waals surface area contributed by atoms with Gasteiger partial charge in [0.1, 0.15) is 11.0 Å². The number of halogens is 1. The molecule has 1 aliphatic heterocycles. The van der Waals surface area contributed by atoms with E-state index in [1.165, 1.54) is 0 Å². The van der Waals surface area contributed by atoms with E-state index in [0.29, 0.717) is 24.3 Å². The van der Waals surface area contributed by atoms with Crippen molar-refractivity contribution in [1.82, 2.24) is 9.97 Å². The zero-order valence-electron chi connectivity index (χ0n) is 9.95. The smallest absolute Gasteiger partial charge is 0.228 e. The van der Waals surface area contributed by atoms with Crippen molar-refractivity contribution in [3.8, 4) is 0 Å². The molecule has 2 heterocycles. The Kier molecular flexibility index (Phi) is 4.39. The van der Waals surface area contributed by atoms with Crippen molar-refractivity contribution >= 4 is 23.4 Å². The average Bonchev–Trinajstić information content (AvgIpc) is 2.37. The Balaban J connectivity index is 2.12. The van der Waals surface area contributed by atoms with Crippen LogP contribution in [0, 0.1) is 0 Å². The van der Waals surface area contributed by atoms with Crippen LogP contribution in [0.1, 0.15) is 13.3 Å². The predicted octanol–water partition coefficient (Wildman–Crippen LogP) is 1.79. The fourth-order valence-corrected chi connectivity index (χ4v) is 1.83. The highest BCUT2D eigenvalue weighted by Gasteiger charge is 2.15. The SMILES string of the molecule is CCCNc1cc(Cl)nc(N2CCOCC2)n1. The molecule has 0 aliphatic carbocycles. The lowest BCUT2D eigenvalue weighted by Crippen LogP contribution is -2.37. The predicted molar refractivity (Wildman–Crippen MR) is 68.9 cm³/mol. The monoisotopic (exact) mass is 256 g/mol. The number of rotatable bonds is 4. The first-order valence-electron chi connectivity index (χ1n) is 5.90. The molecule has 0 spiro atoms. The Morgan fingerprint density at radius 3 is 2.88 bits per heavy atom. The molecular weight excluding hydrogens is 240 g/mol. The van der Waals surface area contributed by atoms with E-state index in [0.717, 1.165) is 31.9 Å². The molecule has 1 N–H and O–H groups in total. The lowest BCUT2D eigenvalue weighted by atomic mass is 10.4. The van der Waals surface area contributed by atoms with Gasteiger partial charge in [-0.3, -0.25) is 0 Å². The summed E-state index contributed by atoms with van der Waals surface area (Å²) in [5, 5.41) is 3.69. The molecule has 5 nitrogen and oxygen atoms in total. The summed E-state index contributed by atoms with van der Waals surface area (Å²) in [6.45, 7) is 6.05. The van der Waals surface area contributed by atoms with E-state index in [2.05, 4.69) is 27.1 Å². The van der Waals surface area contributed by atoms with Crippen LogP contribution in [0.4, 0.5) is 11.8 Å². The first-order chi connectivity index (χ1) is 8.29. The number of nitrogens with zero attached hydrogens (tertiary/aromatic N) is 3. The Bertz CT molecular complexity index is 368. The third-order valence-electron chi connectivity index (χ3n) is 2.53. The van der Waals surface area contributed by atoms with E-state index in [1.54, 1.807) is 6.07 Å². The first-order valence-corrected chi connectivity index (χ1v) is 6.28. The molecule has 0 radical (unpaired) electrons. The molecule has 0 aromatic carbocycles. The molecule has 17 heavy (non-hydrogen) atoms. The van der Waals surface area contributed by atoms with Gasteiger partial charge >= 0.3 is 0 Å². The van der Waals surface area contributed by atoms with Gasteiger partial charge in [-0.05, 0) is 6.42 Å². The maximum Gasteiger partial charge on any atom is 0.228 e. The largest absolute Gasteiger partial charge is 0.378 e. The van der Waals surface area contributed by atoms with Gasteiger partial charge in [0.25, 0.3) is 0 Å². The summed E-state index contributed by atoms with van der Waals surface area (Å²) in [5.41, 5.74) is 0. The van der Waals surface area contributed by atoms with E-state index in [1.807, 2.05) is 0 Å². The van der Waals surface area contributed by atoms with E-state index in [4.69, 9.17) is 16.3 Å². The summed E-state index contributed by atoms with van der Waals surface area (Å²) in [4.78, 5) is 10.8. The van der Waals surface area contributed by atoms with Gasteiger partial charge in [0.15, 0.2) is 0 Å². The van der Waals surface area contributed by atoms with Crippen LogP contribution in [0.3, 0.4) is 0 Å². The van der Waals surface area contributed by atoms with Gasteiger partial charge < -0.3 is 15.0 Å². The standard InChI is InChI=1S/C11H17ClN4O/c1-2-3-13-10-8-9(12)14-11(15-10)16-4-6-17-7-5-16/h8H,2-7H2,1H3,(H,13,14,15). The van der Waals surface area contributed by atoms with Crippen molar-refractivity contribution in [1.29, 1.82) is 0 Å². The molecule has 1 fully saturated rings. The van der Waals surface area contributed by atoms with Crippen molar-refractivity contribution in [3.63, 3.8) is 0 Å². The van der Waals surface area contributed by atoms with Gasteiger partial charge in [-0.2, -0.15) is 4.98 Å². The van der Waals surface area contributed by atoms with Crippen molar-refractivity contribution in [2.45, 2.75) is 13.3 Å². The van der Waals surface area contributed by atoms with Crippen LogP contribution in [0.5, 0.6) is 0 Å². The van der Waals surface area contributed by atoms with Crippen LogP contribution >= 0.6 is 11.6 Å². The first kappa shape index (κ1) is 12.4. The molecule has 1 aliphatic rings. The molecule has 1 saturated heterocycles. The summed E-state index contributed by atoms with van der Waals surface area (Å²) >= 11 is 6.00. The van der Waals surface area contributed by atoms with Crippen LogP contribution in [-0.4, -0.2) is 42.8 Å². The van der Waals surface area contributed by atoms with Crippen LogP contribution in [0.25, 0.3) is 0 Å². The highest BCUT2D eigenvalue weighted by molar-refractivity contribution is 6.29. The summed E-state index contributed by atoms with van der Waals surface area (Å²) in [5.74, 6) is 1.47. The quantitative estimate of drug-likeness (QED) is 0.833. The maximum atomic E-state index is 6.00. The number of anilines is 2. The molecule has 0 unspecified atom stereocenters. The van der Waals surface area contributed by atoms with E-state index < -0.39 is 0 Å². The fraction of sp³-hybridized carbons (Fsp3) is 0.636. The Labute approximate surface area is 106 Å². The number of nitrogens with one attached hydrogen (secondary N) is 1. The average molecular weight is 257 g/mol. The highest BCUT2D eigenvalue weighted by Crippen LogP contribution is 2.18. The maximum absolute atomic E-state index is 6.00. The number of hydrogen-bond donors (Lipinski definition) is 1. The van der Waals surface area contributed by atoms with Crippen LogP contribution in [0.15, 0.2) is 6.07 Å². The molecule has 1 aromatic heterocycles. The minimum Gasteiger partial charge on any atom is -0.378 e. The number of aromatic nitrogens is 2. The molecule has 0 saturated carbocycles. The van der Waals surface area contributed by atoms with Crippen LogP contribution in [-0.2, 0) is 4.74 Å². The van der Waals surface area contributed by atoms with Crippen molar-refractivity contribution in [3.05, 3.63) is 11.2 Å². The molecule has 0 amide bonds.